The molecule has 2 aromatic rings. The first-order valence-electron chi connectivity index (χ1n) is 7.78. The number of ether oxygens (including phenoxy) is 1. The molecule has 2 heteroatoms. The highest BCUT2D eigenvalue weighted by molar-refractivity contribution is 5.87. The molecule has 0 amide bonds. The third-order valence-corrected chi connectivity index (χ3v) is 3.57. The molecule has 2 nitrogen and oxygen atoms in total. The van der Waals surface area contributed by atoms with E-state index in [1.54, 1.807) is 6.92 Å². The van der Waals surface area contributed by atoms with Crippen molar-refractivity contribution in [2.24, 2.45) is 0 Å². The summed E-state index contributed by atoms with van der Waals surface area (Å²) in [6.07, 6.45) is 2.48. The summed E-state index contributed by atoms with van der Waals surface area (Å²) in [5.74, 6) is -0.369. The minimum atomic E-state index is -0.398. The molecule has 2 rings (SSSR count). The molecule has 0 spiro atoms. The quantitative estimate of drug-likeness (QED) is 0.532. The van der Waals surface area contributed by atoms with E-state index in [4.69, 9.17) is 4.74 Å². The van der Waals surface area contributed by atoms with Gasteiger partial charge in [-0.1, -0.05) is 80.2 Å². The maximum Gasteiger partial charge on any atom is 0.334 e. The van der Waals surface area contributed by atoms with Gasteiger partial charge in [0, 0.05) is 5.57 Å². The summed E-state index contributed by atoms with van der Waals surface area (Å²) in [6.45, 7) is 7.41. The molecule has 0 bridgehead atoms. The van der Waals surface area contributed by atoms with Crippen molar-refractivity contribution in [3.63, 3.8) is 0 Å². The van der Waals surface area contributed by atoms with Gasteiger partial charge in [-0.3, -0.25) is 0 Å². The van der Waals surface area contributed by atoms with Gasteiger partial charge in [-0.25, -0.2) is 4.79 Å². The summed E-state index contributed by atoms with van der Waals surface area (Å²) in [6, 6.07) is 19.9. The summed E-state index contributed by atoms with van der Waals surface area (Å²) in [7, 11) is 0. The van der Waals surface area contributed by atoms with Crippen molar-refractivity contribution in [1.29, 1.82) is 0 Å². The Labute approximate surface area is 138 Å². The molecule has 1 unspecified atom stereocenters. The Morgan fingerprint density at radius 2 is 1.65 bits per heavy atom. The second-order valence-corrected chi connectivity index (χ2v) is 5.46. The molecular weight excluding hydrogens is 284 g/mol. The minimum Gasteiger partial charge on any atom is -0.450 e. The van der Waals surface area contributed by atoms with Crippen molar-refractivity contribution in [3.8, 4) is 0 Å². The van der Waals surface area contributed by atoms with Gasteiger partial charge in [-0.2, -0.15) is 0 Å². The smallest absolute Gasteiger partial charge is 0.334 e. The number of carbonyl (C=O) groups is 1. The van der Waals surface area contributed by atoms with Crippen molar-refractivity contribution in [1.82, 2.24) is 0 Å². The SMILES string of the molecule is C=C(C)C(=O)OC(C(=Cc1ccccc1)CC)c1ccccc1. The van der Waals surface area contributed by atoms with Crippen molar-refractivity contribution < 1.29 is 9.53 Å². The summed E-state index contributed by atoms with van der Waals surface area (Å²) in [5.41, 5.74) is 3.51. The van der Waals surface area contributed by atoms with Crippen molar-refractivity contribution >= 4 is 12.0 Å². The third-order valence-electron chi connectivity index (χ3n) is 3.57. The number of hydrogen-bond donors (Lipinski definition) is 0. The van der Waals surface area contributed by atoms with Gasteiger partial charge >= 0.3 is 5.97 Å². The van der Waals surface area contributed by atoms with Crippen LogP contribution in [0.2, 0.25) is 0 Å². The van der Waals surface area contributed by atoms with Gasteiger partial charge in [0.15, 0.2) is 0 Å². The Kier molecular flexibility index (Phi) is 5.93. The van der Waals surface area contributed by atoms with Gasteiger partial charge in [0.05, 0.1) is 0 Å². The van der Waals surface area contributed by atoms with Gasteiger partial charge in [0.25, 0.3) is 0 Å². The molecule has 0 aromatic heterocycles. The van der Waals surface area contributed by atoms with E-state index in [-0.39, 0.29) is 5.97 Å². The molecule has 0 aliphatic carbocycles. The molecule has 118 valence electrons. The zero-order valence-corrected chi connectivity index (χ0v) is 13.7. The molecule has 0 saturated carbocycles. The van der Waals surface area contributed by atoms with Crippen molar-refractivity contribution in [2.45, 2.75) is 26.4 Å². The molecule has 23 heavy (non-hydrogen) atoms. The normalized spacial score (nSPS) is 12.5. The van der Waals surface area contributed by atoms with Crippen LogP contribution in [0.1, 0.15) is 37.5 Å². The molecule has 0 radical (unpaired) electrons. The van der Waals surface area contributed by atoms with Crippen LogP contribution in [0, 0.1) is 0 Å². The number of hydrogen-bond acceptors (Lipinski definition) is 2. The van der Waals surface area contributed by atoms with Crippen LogP contribution >= 0.6 is 0 Å². The lowest BCUT2D eigenvalue weighted by molar-refractivity contribution is -0.142. The first-order chi connectivity index (χ1) is 11.1. The Hall–Kier alpha value is -2.61. The number of esters is 1. The van der Waals surface area contributed by atoms with E-state index in [0.29, 0.717) is 5.57 Å². The molecule has 0 aliphatic rings. The van der Waals surface area contributed by atoms with Crippen LogP contribution in [0.25, 0.3) is 6.08 Å². The number of rotatable bonds is 6. The van der Waals surface area contributed by atoms with E-state index in [0.717, 1.165) is 23.1 Å². The molecular formula is C21H22O2. The van der Waals surface area contributed by atoms with Crippen molar-refractivity contribution in [3.05, 3.63) is 89.5 Å². The molecule has 0 N–H and O–H groups in total. The summed E-state index contributed by atoms with van der Waals surface area (Å²) in [5, 5.41) is 0. The average molecular weight is 306 g/mol. The third kappa shape index (κ3) is 4.68. The molecule has 0 heterocycles. The van der Waals surface area contributed by atoms with E-state index in [2.05, 4.69) is 19.6 Å². The predicted octanol–water partition coefficient (Wildman–Crippen LogP) is 5.34. The molecule has 0 aliphatic heterocycles. The van der Waals surface area contributed by atoms with E-state index < -0.39 is 6.10 Å². The van der Waals surface area contributed by atoms with E-state index in [1.165, 1.54) is 0 Å². The number of benzene rings is 2. The second kappa shape index (κ2) is 8.14. The fourth-order valence-electron chi connectivity index (χ4n) is 2.32. The monoisotopic (exact) mass is 306 g/mol. The van der Waals surface area contributed by atoms with Crippen LogP contribution in [0.5, 0.6) is 0 Å². The van der Waals surface area contributed by atoms with Gasteiger partial charge in [0.2, 0.25) is 0 Å². The van der Waals surface area contributed by atoms with Crippen molar-refractivity contribution in [2.75, 3.05) is 0 Å². The lowest BCUT2D eigenvalue weighted by Crippen LogP contribution is -2.14. The summed E-state index contributed by atoms with van der Waals surface area (Å²) < 4.78 is 5.72. The second-order valence-electron chi connectivity index (χ2n) is 5.46. The zero-order valence-electron chi connectivity index (χ0n) is 13.7. The highest BCUT2D eigenvalue weighted by Crippen LogP contribution is 2.30. The first kappa shape index (κ1) is 16.8. The lowest BCUT2D eigenvalue weighted by atomic mass is 9.97. The fraction of sp³-hybridized carbons (Fsp3) is 0.190. The van der Waals surface area contributed by atoms with Crippen LogP contribution in [0.4, 0.5) is 0 Å². The predicted molar refractivity (Wildman–Crippen MR) is 94.8 cm³/mol. The van der Waals surface area contributed by atoms with E-state index in [9.17, 15) is 4.79 Å². The minimum absolute atomic E-state index is 0.369. The summed E-state index contributed by atoms with van der Waals surface area (Å²) >= 11 is 0. The molecule has 0 fully saturated rings. The topological polar surface area (TPSA) is 26.3 Å². The maximum atomic E-state index is 12.1. The first-order valence-corrected chi connectivity index (χ1v) is 7.78. The number of carbonyl (C=O) groups excluding carboxylic acids is 1. The van der Waals surface area contributed by atoms with E-state index >= 15 is 0 Å². The lowest BCUT2D eigenvalue weighted by Gasteiger charge is -2.21. The zero-order chi connectivity index (χ0) is 16.7. The van der Waals surface area contributed by atoms with Crippen LogP contribution in [0.15, 0.2) is 78.4 Å². The molecule has 1 atom stereocenters. The van der Waals surface area contributed by atoms with E-state index in [1.807, 2.05) is 60.7 Å². The van der Waals surface area contributed by atoms with Gasteiger partial charge in [-0.15, -0.1) is 0 Å². The fourth-order valence-corrected chi connectivity index (χ4v) is 2.32. The molecule has 2 aromatic carbocycles. The average Bonchev–Trinajstić information content (AvgIpc) is 2.59. The Bertz CT molecular complexity index is 684. The van der Waals surface area contributed by atoms with Crippen LogP contribution in [0.3, 0.4) is 0 Å². The Balaban J connectivity index is 2.40. The van der Waals surface area contributed by atoms with Crippen LogP contribution in [-0.2, 0) is 9.53 Å². The summed E-state index contributed by atoms with van der Waals surface area (Å²) in [4.78, 5) is 12.1. The highest BCUT2D eigenvalue weighted by Gasteiger charge is 2.20. The van der Waals surface area contributed by atoms with Gasteiger partial charge < -0.3 is 4.74 Å². The standard InChI is InChI=1S/C21H22O2/c1-4-18(15-17-11-7-5-8-12-17)20(23-21(22)16(2)3)19-13-9-6-10-14-19/h5-15,20H,2,4H2,1,3H3. The van der Waals surface area contributed by atoms with Crippen LogP contribution in [-0.4, -0.2) is 5.97 Å². The Morgan fingerprint density at radius 1 is 1.09 bits per heavy atom. The molecule has 0 saturated heterocycles. The van der Waals surface area contributed by atoms with Crippen LogP contribution < -0.4 is 0 Å². The van der Waals surface area contributed by atoms with Gasteiger partial charge in [-0.05, 0) is 30.0 Å². The Morgan fingerprint density at radius 3 is 2.17 bits per heavy atom. The largest absolute Gasteiger partial charge is 0.450 e. The van der Waals surface area contributed by atoms with Gasteiger partial charge in [0.1, 0.15) is 6.10 Å². The maximum absolute atomic E-state index is 12.1. The highest BCUT2D eigenvalue weighted by atomic mass is 16.5.